The predicted octanol–water partition coefficient (Wildman–Crippen LogP) is 2.86. The molecule has 1 aromatic heterocycles. The highest BCUT2D eigenvalue weighted by Crippen LogP contribution is 2.22. The van der Waals surface area contributed by atoms with Crippen molar-refractivity contribution in [1.82, 2.24) is 4.57 Å². The standard InChI is InChI=1S/C14H24N2O/c1-3-4-14(15)12-7-8-16(9-12)10-13-6-5-11(2)17-13/h7-9,11,13-14H,3-6,10,15H2,1-2H3. The van der Waals surface area contributed by atoms with Crippen LogP contribution in [0.3, 0.4) is 0 Å². The van der Waals surface area contributed by atoms with Crippen molar-refractivity contribution in [1.29, 1.82) is 0 Å². The molecule has 2 N–H and O–H groups in total. The molecule has 17 heavy (non-hydrogen) atoms. The maximum Gasteiger partial charge on any atom is 0.0758 e. The normalized spacial score (nSPS) is 26.3. The molecule has 1 aromatic rings. The first-order valence-corrected chi connectivity index (χ1v) is 6.75. The maximum absolute atomic E-state index is 6.10. The quantitative estimate of drug-likeness (QED) is 0.854. The van der Waals surface area contributed by atoms with Crippen molar-refractivity contribution < 1.29 is 4.74 Å². The molecular weight excluding hydrogens is 212 g/mol. The molecule has 1 fully saturated rings. The summed E-state index contributed by atoms with van der Waals surface area (Å²) in [7, 11) is 0. The smallest absolute Gasteiger partial charge is 0.0758 e. The van der Waals surface area contributed by atoms with Crippen LogP contribution >= 0.6 is 0 Å². The van der Waals surface area contributed by atoms with Crippen molar-refractivity contribution >= 4 is 0 Å². The van der Waals surface area contributed by atoms with E-state index in [0.717, 1.165) is 19.4 Å². The predicted molar refractivity (Wildman–Crippen MR) is 69.8 cm³/mol. The number of aromatic nitrogens is 1. The van der Waals surface area contributed by atoms with E-state index in [9.17, 15) is 0 Å². The summed E-state index contributed by atoms with van der Waals surface area (Å²) in [5.74, 6) is 0. The van der Waals surface area contributed by atoms with Crippen LogP contribution in [0.4, 0.5) is 0 Å². The van der Waals surface area contributed by atoms with E-state index in [0.29, 0.717) is 12.2 Å². The second kappa shape index (κ2) is 5.69. The number of nitrogens with zero attached hydrogens (tertiary/aromatic N) is 1. The van der Waals surface area contributed by atoms with Gasteiger partial charge in [-0.2, -0.15) is 0 Å². The zero-order valence-corrected chi connectivity index (χ0v) is 10.9. The van der Waals surface area contributed by atoms with Gasteiger partial charge in [-0.1, -0.05) is 13.3 Å². The second-order valence-electron chi connectivity index (χ2n) is 5.18. The molecule has 2 rings (SSSR count). The summed E-state index contributed by atoms with van der Waals surface area (Å²) < 4.78 is 8.05. The van der Waals surface area contributed by atoms with E-state index in [1.165, 1.54) is 18.4 Å². The average Bonchev–Trinajstić information content (AvgIpc) is 2.89. The Bertz CT molecular complexity index is 348. The number of nitrogens with two attached hydrogens (primary N) is 1. The van der Waals surface area contributed by atoms with Gasteiger partial charge < -0.3 is 15.0 Å². The molecule has 96 valence electrons. The Hall–Kier alpha value is -0.800. The molecule has 0 radical (unpaired) electrons. The monoisotopic (exact) mass is 236 g/mol. The van der Waals surface area contributed by atoms with Gasteiger partial charge in [0, 0.05) is 25.0 Å². The minimum Gasteiger partial charge on any atom is -0.373 e. The third kappa shape index (κ3) is 3.33. The summed E-state index contributed by atoms with van der Waals surface area (Å²) >= 11 is 0. The van der Waals surface area contributed by atoms with Crippen molar-refractivity contribution in [3.63, 3.8) is 0 Å². The number of hydrogen-bond acceptors (Lipinski definition) is 2. The van der Waals surface area contributed by atoms with Crippen LogP contribution in [-0.2, 0) is 11.3 Å². The fraction of sp³-hybridized carbons (Fsp3) is 0.714. The summed E-state index contributed by atoms with van der Waals surface area (Å²) in [4.78, 5) is 0. The molecule has 3 atom stereocenters. The van der Waals surface area contributed by atoms with Crippen LogP contribution in [0, 0.1) is 0 Å². The van der Waals surface area contributed by atoms with Crippen molar-refractivity contribution in [2.45, 2.75) is 64.3 Å². The van der Waals surface area contributed by atoms with Gasteiger partial charge >= 0.3 is 0 Å². The van der Waals surface area contributed by atoms with E-state index in [-0.39, 0.29) is 6.04 Å². The molecule has 0 aliphatic carbocycles. The van der Waals surface area contributed by atoms with Gasteiger partial charge in [-0.15, -0.1) is 0 Å². The lowest BCUT2D eigenvalue weighted by Crippen LogP contribution is -2.15. The van der Waals surface area contributed by atoms with E-state index in [4.69, 9.17) is 10.5 Å². The van der Waals surface area contributed by atoms with Crippen LogP contribution in [0.25, 0.3) is 0 Å². The molecule has 3 heteroatoms. The van der Waals surface area contributed by atoms with Crippen LogP contribution in [0.2, 0.25) is 0 Å². The highest BCUT2D eigenvalue weighted by atomic mass is 16.5. The van der Waals surface area contributed by atoms with E-state index in [1.807, 2.05) is 0 Å². The van der Waals surface area contributed by atoms with Crippen molar-refractivity contribution in [3.05, 3.63) is 24.0 Å². The van der Waals surface area contributed by atoms with E-state index < -0.39 is 0 Å². The fourth-order valence-electron chi connectivity index (χ4n) is 2.52. The molecule has 1 aliphatic rings. The summed E-state index contributed by atoms with van der Waals surface area (Å²) in [6, 6.07) is 2.32. The Labute approximate surface area is 104 Å². The van der Waals surface area contributed by atoms with Crippen LogP contribution in [0.5, 0.6) is 0 Å². The van der Waals surface area contributed by atoms with Crippen molar-refractivity contribution in [2.24, 2.45) is 5.73 Å². The number of hydrogen-bond donors (Lipinski definition) is 1. The van der Waals surface area contributed by atoms with Crippen LogP contribution in [0.15, 0.2) is 18.5 Å². The van der Waals surface area contributed by atoms with E-state index >= 15 is 0 Å². The lowest BCUT2D eigenvalue weighted by Gasteiger charge is -2.12. The first-order valence-electron chi connectivity index (χ1n) is 6.75. The van der Waals surface area contributed by atoms with Crippen molar-refractivity contribution in [2.75, 3.05) is 0 Å². The lowest BCUT2D eigenvalue weighted by atomic mass is 10.1. The molecule has 1 saturated heterocycles. The molecular formula is C14H24N2O. The van der Waals surface area contributed by atoms with E-state index in [1.54, 1.807) is 0 Å². The lowest BCUT2D eigenvalue weighted by molar-refractivity contribution is 0.0458. The molecule has 0 saturated carbocycles. The molecule has 3 unspecified atom stereocenters. The van der Waals surface area contributed by atoms with Crippen LogP contribution in [-0.4, -0.2) is 16.8 Å². The zero-order chi connectivity index (χ0) is 12.3. The van der Waals surface area contributed by atoms with Gasteiger partial charge in [0.2, 0.25) is 0 Å². The molecule has 1 aliphatic heterocycles. The van der Waals surface area contributed by atoms with Crippen molar-refractivity contribution in [3.8, 4) is 0 Å². The molecule has 0 amide bonds. The third-order valence-corrected chi connectivity index (χ3v) is 3.54. The van der Waals surface area contributed by atoms with Gasteiger partial charge in [0.25, 0.3) is 0 Å². The minimum absolute atomic E-state index is 0.185. The second-order valence-corrected chi connectivity index (χ2v) is 5.18. The Morgan fingerprint density at radius 2 is 2.35 bits per heavy atom. The van der Waals surface area contributed by atoms with Gasteiger partial charge in [-0.05, 0) is 37.8 Å². The topological polar surface area (TPSA) is 40.2 Å². The highest BCUT2D eigenvalue weighted by Gasteiger charge is 2.21. The summed E-state index contributed by atoms with van der Waals surface area (Å²) in [6.07, 6.45) is 9.66. The van der Waals surface area contributed by atoms with Crippen LogP contribution in [0.1, 0.15) is 51.1 Å². The Morgan fingerprint density at radius 1 is 1.53 bits per heavy atom. The number of rotatable bonds is 5. The zero-order valence-electron chi connectivity index (χ0n) is 10.9. The van der Waals surface area contributed by atoms with Gasteiger partial charge in [-0.25, -0.2) is 0 Å². The number of ether oxygens (including phenoxy) is 1. The Kier molecular flexibility index (Phi) is 4.24. The van der Waals surface area contributed by atoms with Gasteiger partial charge in [0.1, 0.15) is 0 Å². The fourth-order valence-corrected chi connectivity index (χ4v) is 2.52. The van der Waals surface area contributed by atoms with Gasteiger partial charge in [0.05, 0.1) is 12.2 Å². The maximum atomic E-state index is 6.10. The molecule has 0 spiro atoms. The first kappa shape index (κ1) is 12.7. The molecule has 0 aromatic carbocycles. The largest absolute Gasteiger partial charge is 0.373 e. The van der Waals surface area contributed by atoms with E-state index in [2.05, 4.69) is 36.9 Å². The minimum atomic E-state index is 0.185. The van der Waals surface area contributed by atoms with Gasteiger partial charge in [-0.3, -0.25) is 0 Å². The Balaban J connectivity index is 1.89. The summed E-state index contributed by atoms with van der Waals surface area (Å²) in [5, 5.41) is 0. The average molecular weight is 236 g/mol. The third-order valence-electron chi connectivity index (χ3n) is 3.54. The van der Waals surface area contributed by atoms with Crippen LogP contribution < -0.4 is 5.73 Å². The molecule has 2 heterocycles. The van der Waals surface area contributed by atoms with Gasteiger partial charge in [0.15, 0.2) is 0 Å². The summed E-state index contributed by atoms with van der Waals surface area (Å²) in [5.41, 5.74) is 7.35. The Morgan fingerprint density at radius 3 is 3.00 bits per heavy atom. The summed E-state index contributed by atoms with van der Waals surface area (Å²) in [6.45, 7) is 5.28. The highest BCUT2D eigenvalue weighted by molar-refractivity contribution is 5.14. The molecule has 3 nitrogen and oxygen atoms in total. The first-order chi connectivity index (χ1) is 8.19. The molecule has 0 bridgehead atoms. The SMILES string of the molecule is CCCC(N)c1ccn(CC2CCC(C)O2)c1.